The Morgan fingerprint density at radius 1 is 1.17 bits per heavy atom. The number of carbonyl (C=O) groups is 1. The van der Waals surface area contributed by atoms with Crippen molar-refractivity contribution >= 4 is 11.6 Å². The van der Waals surface area contributed by atoms with Gasteiger partial charge in [0.05, 0.1) is 17.6 Å². The Morgan fingerprint density at radius 2 is 1.87 bits per heavy atom. The molecule has 1 amide bonds. The third kappa shape index (κ3) is 4.31. The Kier molecular flexibility index (Phi) is 5.99. The monoisotopic (exact) mass is 409 g/mol. The summed E-state index contributed by atoms with van der Waals surface area (Å²) in [5.74, 6) is 0.0370. The van der Waals surface area contributed by atoms with Crippen LogP contribution >= 0.6 is 0 Å². The quantitative estimate of drug-likeness (QED) is 0.577. The summed E-state index contributed by atoms with van der Waals surface area (Å²) in [6, 6.07) is 15.6. The van der Waals surface area contributed by atoms with Gasteiger partial charge < -0.3 is 10.1 Å². The van der Waals surface area contributed by atoms with Crippen LogP contribution in [-0.2, 0) is 6.54 Å². The van der Waals surface area contributed by atoms with Gasteiger partial charge in [-0.2, -0.15) is 0 Å². The maximum atomic E-state index is 12.9. The second kappa shape index (κ2) is 8.83. The van der Waals surface area contributed by atoms with Gasteiger partial charge in [-0.1, -0.05) is 36.8 Å². The number of ether oxygens (including phenoxy) is 1. The first-order chi connectivity index (χ1) is 14.5. The lowest BCUT2D eigenvalue weighted by Crippen LogP contribution is -2.56. The van der Waals surface area contributed by atoms with Gasteiger partial charge in [-0.15, -0.1) is 0 Å². The third-order valence-corrected chi connectivity index (χ3v) is 6.31. The number of nitrogens with zero attached hydrogens (tertiary/aromatic N) is 2. The van der Waals surface area contributed by atoms with Crippen molar-refractivity contribution in [3.63, 3.8) is 0 Å². The molecule has 158 valence electrons. The number of amides is 1. The summed E-state index contributed by atoms with van der Waals surface area (Å²) in [4.78, 5) is 26.1. The summed E-state index contributed by atoms with van der Waals surface area (Å²) in [6.45, 7) is 0.940. The molecule has 7 nitrogen and oxygen atoms in total. The number of fused-ring (bicyclic) bond motifs is 2. The number of hydrogen-bond acceptors (Lipinski definition) is 5. The number of benzene rings is 2. The molecule has 0 saturated carbocycles. The van der Waals surface area contributed by atoms with Gasteiger partial charge in [0.25, 0.3) is 11.6 Å². The average molecular weight is 409 g/mol. The van der Waals surface area contributed by atoms with Gasteiger partial charge in [0.1, 0.15) is 5.75 Å². The molecule has 2 aliphatic rings. The normalized spacial score (nSPS) is 23.6. The van der Waals surface area contributed by atoms with Gasteiger partial charge in [0.2, 0.25) is 0 Å². The van der Waals surface area contributed by atoms with Crippen molar-refractivity contribution in [1.29, 1.82) is 0 Å². The SMILES string of the molecule is COc1ccc([N+](=O)[O-])cc1C(=O)NC1CC2CCCC(C1)N2Cc1ccccc1. The lowest BCUT2D eigenvalue weighted by molar-refractivity contribution is -0.384. The van der Waals surface area contributed by atoms with Crippen molar-refractivity contribution in [3.8, 4) is 5.75 Å². The fraction of sp³-hybridized carbons (Fsp3) is 0.435. The zero-order valence-electron chi connectivity index (χ0n) is 17.1. The number of nitrogens with one attached hydrogen (secondary N) is 1. The minimum absolute atomic E-state index is 0.0591. The summed E-state index contributed by atoms with van der Waals surface area (Å²) in [5, 5.41) is 14.2. The fourth-order valence-electron chi connectivity index (χ4n) is 4.90. The van der Waals surface area contributed by atoms with E-state index in [2.05, 4.69) is 34.5 Å². The number of rotatable bonds is 6. The number of nitro benzene ring substituents is 1. The van der Waals surface area contributed by atoms with Crippen LogP contribution in [0.25, 0.3) is 0 Å². The highest BCUT2D eigenvalue weighted by molar-refractivity contribution is 5.97. The van der Waals surface area contributed by atoms with Crippen LogP contribution in [0.5, 0.6) is 5.75 Å². The maximum Gasteiger partial charge on any atom is 0.270 e. The second-order valence-corrected chi connectivity index (χ2v) is 8.18. The molecule has 0 aromatic heterocycles. The first-order valence-electron chi connectivity index (χ1n) is 10.5. The Balaban J connectivity index is 1.46. The number of hydrogen-bond donors (Lipinski definition) is 1. The Morgan fingerprint density at radius 3 is 2.50 bits per heavy atom. The molecule has 4 rings (SSSR count). The standard InChI is InChI=1S/C23H27N3O4/c1-30-22-11-10-20(26(28)29)14-21(22)23(27)24-17-12-18-8-5-9-19(13-17)25(18)15-16-6-3-2-4-7-16/h2-4,6-7,10-11,14,17-19H,5,8-9,12-13,15H2,1H3,(H,24,27). The van der Waals surface area contributed by atoms with E-state index in [1.807, 2.05) is 6.07 Å². The number of non-ortho nitro benzene ring substituents is 1. The zero-order chi connectivity index (χ0) is 21.1. The lowest BCUT2D eigenvalue weighted by Gasteiger charge is -2.49. The van der Waals surface area contributed by atoms with Gasteiger partial charge in [-0.3, -0.25) is 19.8 Å². The molecule has 2 atom stereocenters. The summed E-state index contributed by atoms with van der Waals surface area (Å²) in [7, 11) is 1.46. The fourth-order valence-corrected chi connectivity index (χ4v) is 4.90. The molecule has 2 bridgehead atoms. The summed E-state index contributed by atoms with van der Waals surface area (Å²) < 4.78 is 5.26. The van der Waals surface area contributed by atoms with Crippen LogP contribution in [0.15, 0.2) is 48.5 Å². The highest BCUT2D eigenvalue weighted by Crippen LogP contribution is 2.35. The lowest BCUT2D eigenvalue weighted by atomic mass is 9.81. The Bertz CT molecular complexity index is 904. The van der Waals surface area contributed by atoms with E-state index in [4.69, 9.17) is 4.74 Å². The molecular weight excluding hydrogens is 382 g/mol. The highest BCUT2D eigenvalue weighted by Gasteiger charge is 2.38. The number of nitro groups is 1. The number of piperidine rings is 2. The average Bonchev–Trinajstić information content (AvgIpc) is 2.74. The Labute approximate surface area is 176 Å². The van der Waals surface area contributed by atoms with Gasteiger partial charge >= 0.3 is 0 Å². The van der Waals surface area contributed by atoms with Crippen molar-refractivity contribution in [2.75, 3.05) is 7.11 Å². The highest BCUT2D eigenvalue weighted by atomic mass is 16.6. The van der Waals surface area contributed by atoms with Gasteiger partial charge in [0, 0.05) is 36.8 Å². The molecular formula is C23H27N3O4. The van der Waals surface area contributed by atoms with Crippen molar-refractivity contribution in [2.24, 2.45) is 0 Å². The molecule has 0 aliphatic carbocycles. The van der Waals surface area contributed by atoms with E-state index in [9.17, 15) is 14.9 Å². The van der Waals surface area contributed by atoms with Crippen molar-refractivity contribution in [1.82, 2.24) is 10.2 Å². The van der Waals surface area contributed by atoms with E-state index < -0.39 is 4.92 Å². The summed E-state index contributed by atoms with van der Waals surface area (Å²) >= 11 is 0. The van der Waals surface area contributed by atoms with E-state index in [0.29, 0.717) is 17.8 Å². The van der Waals surface area contributed by atoms with Crippen LogP contribution in [-0.4, -0.2) is 41.0 Å². The molecule has 2 aromatic rings. The smallest absolute Gasteiger partial charge is 0.270 e. The van der Waals surface area contributed by atoms with Crippen molar-refractivity contribution < 1.29 is 14.5 Å². The van der Waals surface area contributed by atoms with E-state index in [1.165, 1.54) is 37.3 Å². The van der Waals surface area contributed by atoms with Gasteiger partial charge in [0.15, 0.2) is 0 Å². The zero-order valence-corrected chi connectivity index (χ0v) is 17.1. The van der Waals surface area contributed by atoms with Crippen LogP contribution < -0.4 is 10.1 Å². The van der Waals surface area contributed by atoms with Crippen LogP contribution in [0.2, 0.25) is 0 Å². The van der Waals surface area contributed by atoms with E-state index in [-0.39, 0.29) is 23.2 Å². The van der Waals surface area contributed by atoms with Crippen LogP contribution in [0.4, 0.5) is 5.69 Å². The molecule has 2 heterocycles. The van der Waals surface area contributed by atoms with E-state index in [0.717, 1.165) is 32.2 Å². The van der Waals surface area contributed by atoms with Crippen molar-refractivity contribution in [2.45, 2.75) is 56.8 Å². The molecule has 2 aromatic carbocycles. The first-order valence-corrected chi connectivity index (χ1v) is 10.5. The van der Waals surface area contributed by atoms with Crippen molar-refractivity contribution in [3.05, 3.63) is 69.8 Å². The van der Waals surface area contributed by atoms with Crippen LogP contribution in [0.1, 0.15) is 48.0 Å². The Hall–Kier alpha value is -2.93. The predicted molar refractivity (Wildman–Crippen MR) is 114 cm³/mol. The summed E-state index contributed by atoms with van der Waals surface area (Å²) in [6.07, 6.45) is 5.28. The topological polar surface area (TPSA) is 84.7 Å². The molecule has 2 fully saturated rings. The molecule has 2 unspecified atom stereocenters. The van der Waals surface area contributed by atoms with Crippen LogP contribution in [0, 0.1) is 10.1 Å². The summed E-state index contributed by atoms with van der Waals surface area (Å²) in [5.41, 5.74) is 1.41. The third-order valence-electron chi connectivity index (χ3n) is 6.31. The first kappa shape index (κ1) is 20.3. The second-order valence-electron chi connectivity index (χ2n) is 8.18. The van der Waals surface area contributed by atoms with E-state index in [1.54, 1.807) is 0 Å². The molecule has 2 aliphatic heterocycles. The molecule has 30 heavy (non-hydrogen) atoms. The van der Waals surface area contributed by atoms with Gasteiger partial charge in [-0.05, 0) is 37.3 Å². The molecule has 0 radical (unpaired) electrons. The number of carbonyl (C=O) groups excluding carboxylic acids is 1. The van der Waals surface area contributed by atoms with Crippen LogP contribution in [0.3, 0.4) is 0 Å². The number of methoxy groups -OCH3 is 1. The molecule has 0 spiro atoms. The minimum Gasteiger partial charge on any atom is -0.496 e. The maximum absolute atomic E-state index is 12.9. The molecule has 7 heteroatoms. The van der Waals surface area contributed by atoms with E-state index >= 15 is 0 Å². The molecule has 1 N–H and O–H groups in total. The van der Waals surface area contributed by atoms with Gasteiger partial charge in [-0.25, -0.2) is 0 Å². The predicted octanol–water partition coefficient (Wildman–Crippen LogP) is 3.92. The largest absolute Gasteiger partial charge is 0.496 e. The molecule has 2 saturated heterocycles. The minimum atomic E-state index is -0.497.